The van der Waals surface area contributed by atoms with Crippen molar-refractivity contribution in [3.8, 4) is 11.3 Å². The number of aryl methyl sites for hydroxylation is 2. The summed E-state index contributed by atoms with van der Waals surface area (Å²) in [5, 5.41) is 2.99. The van der Waals surface area contributed by atoms with E-state index in [4.69, 9.17) is 4.98 Å². The van der Waals surface area contributed by atoms with Crippen LogP contribution in [-0.4, -0.2) is 39.5 Å². The maximum Gasteiger partial charge on any atom is 0.226 e. The minimum absolute atomic E-state index is 0.127. The van der Waals surface area contributed by atoms with Crippen LogP contribution < -0.4 is 10.2 Å². The predicted octanol–water partition coefficient (Wildman–Crippen LogP) is 2.01. The molecule has 6 heteroatoms. The Morgan fingerprint density at radius 1 is 1.12 bits per heavy atom. The lowest BCUT2D eigenvalue weighted by Crippen LogP contribution is -2.39. The van der Waals surface area contributed by atoms with E-state index in [9.17, 15) is 4.79 Å². The SMILES string of the molecule is Cc1ccc(-c2ccnc(N3[C@@H]4CC[C@H]3CNC(=O)C4)n2)c(C)n1. The van der Waals surface area contributed by atoms with Crippen LogP contribution in [0.4, 0.5) is 5.95 Å². The summed E-state index contributed by atoms with van der Waals surface area (Å²) in [7, 11) is 0. The Morgan fingerprint density at radius 2 is 1.96 bits per heavy atom. The largest absolute Gasteiger partial charge is 0.354 e. The zero-order valence-corrected chi connectivity index (χ0v) is 14.0. The molecular formula is C18H21N5O. The summed E-state index contributed by atoms with van der Waals surface area (Å²) in [5.74, 6) is 0.846. The molecule has 0 spiro atoms. The molecule has 2 fully saturated rings. The van der Waals surface area contributed by atoms with E-state index >= 15 is 0 Å². The molecule has 2 aromatic rings. The maximum absolute atomic E-state index is 11.8. The molecular weight excluding hydrogens is 302 g/mol. The number of carbonyl (C=O) groups is 1. The van der Waals surface area contributed by atoms with Crippen molar-refractivity contribution in [3.05, 3.63) is 35.8 Å². The zero-order chi connectivity index (χ0) is 16.7. The number of carbonyl (C=O) groups excluding carboxylic acids is 1. The van der Waals surface area contributed by atoms with Crippen molar-refractivity contribution in [2.24, 2.45) is 0 Å². The Balaban J connectivity index is 1.71. The van der Waals surface area contributed by atoms with Gasteiger partial charge in [-0.3, -0.25) is 9.78 Å². The van der Waals surface area contributed by atoms with Gasteiger partial charge in [0.25, 0.3) is 0 Å². The number of rotatable bonds is 2. The highest BCUT2D eigenvalue weighted by Gasteiger charge is 2.38. The molecule has 1 N–H and O–H groups in total. The van der Waals surface area contributed by atoms with Crippen molar-refractivity contribution in [2.45, 2.75) is 45.2 Å². The second kappa shape index (κ2) is 5.85. The fourth-order valence-electron chi connectivity index (χ4n) is 3.79. The molecule has 0 saturated carbocycles. The molecule has 4 rings (SSSR count). The molecule has 0 aromatic carbocycles. The first-order chi connectivity index (χ1) is 11.6. The molecule has 0 radical (unpaired) electrons. The van der Waals surface area contributed by atoms with Crippen LogP contribution in [0.15, 0.2) is 24.4 Å². The van der Waals surface area contributed by atoms with Gasteiger partial charge in [-0.1, -0.05) is 0 Å². The van der Waals surface area contributed by atoms with E-state index in [1.165, 1.54) is 0 Å². The van der Waals surface area contributed by atoms with E-state index in [-0.39, 0.29) is 18.0 Å². The van der Waals surface area contributed by atoms with Gasteiger partial charge < -0.3 is 10.2 Å². The molecule has 1 amide bonds. The van der Waals surface area contributed by atoms with Gasteiger partial charge in [0, 0.05) is 48.2 Å². The van der Waals surface area contributed by atoms with E-state index in [0.29, 0.717) is 13.0 Å². The van der Waals surface area contributed by atoms with Gasteiger partial charge in [-0.15, -0.1) is 0 Å². The number of nitrogens with zero attached hydrogens (tertiary/aromatic N) is 4. The van der Waals surface area contributed by atoms with Crippen LogP contribution >= 0.6 is 0 Å². The van der Waals surface area contributed by atoms with Crippen LogP contribution in [0.1, 0.15) is 30.7 Å². The molecule has 24 heavy (non-hydrogen) atoms. The number of nitrogens with one attached hydrogen (secondary N) is 1. The average Bonchev–Trinajstić information content (AvgIpc) is 2.86. The molecule has 2 aromatic heterocycles. The predicted molar refractivity (Wildman–Crippen MR) is 91.7 cm³/mol. The summed E-state index contributed by atoms with van der Waals surface area (Å²) in [6.45, 7) is 4.66. The van der Waals surface area contributed by atoms with E-state index < -0.39 is 0 Å². The van der Waals surface area contributed by atoms with E-state index in [1.807, 2.05) is 26.0 Å². The van der Waals surface area contributed by atoms with E-state index in [2.05, 4.69) is 26.3 Å². The second-order valence-electron chi connectivity index (χ2n) is 6.63. The van der Waals surface area contributed by atoms with Crippen LogP contribution in [0.5, 0.6) is 0 Å². The Labute approximate surface area is 141 Å². The van der Waals surface area contributed by atoms with Gasteiger partial charge in [-0.05, 0) is 44.9 Å². The Bertz CT molecular complexity index is 791. The summed E-state index contributed by atoms with van der Waals surface area (Å²) in [4.78, 5) is 27.9. The molecule has 0 unspecified atom stereocenters. The summed E-state index contributed by atoms with van der Waals surface area (Å²) in [6, 6.07) is 6.47. The van der Waals surface area contributed by atoms with E-state index in [1.54, 1.807) is 6.20 Å². The molecule has 6 nitrogen and oxygen atoms in total. The van der Waals surface area contributed by atoms with Crippen molar-refractivity contribution < 1.29 is 4.79 Å². The third-order valence-corrected chi connectivity index (χ3v) is 4.95. The lowest BCUT2D eigenvalue weighted by molar-refractivity contribution is -0.121. The van der Waals surface area contributed by atoms with Gasteiger partial charge in [0.05, 0.1) is 5.69 Å². The van der Waals surface area contributed by atoms with Crippen LogP contribution in [0.2, 0.25) is 0 Å². The van der Waals surface area contributed by atoms with Gasteiger partial charge in [0.15, 0.2) is 0 Å². The minimum atomic E-state index is 0.127. The summed E-state index contributed by atoms with van der Waals surface area (Å²) >= 11 is 0. The number of pyridine rings is 1. The number of hydrogen-bond acceptors (Lipinski definition) is 5. The number of anilines is 1. The fourth-order valence-corrected chi connectivity index (χ4v) is 3.79. The van der Waals surface area contributed by atoms with Crippen LogP contribution in [-0.2, 0) is 4.79 Å². The summed E-state index contributed by atoms with van der Waals surface area (Å²) < 4.78 is 0. The number of amides is 1. The lowest BCUT2D eigenvalue weighted by Gasteiger charge is -2.27. The third kappa shape index (κ3) is 2.62. The molecule has 2 atom stereocenters. The average molecular weight is 323 g/mol. The highest BCUT2D eigenvalue weighted by Crippen LogP contribution is 2.32. The number of hydrogen-bond donors (Lipinski definition) is 1. The van der Waals surface area contributed by atoms with Crippen molar-refractivity contribution in [3.63, 3.8) is 0 Å². The normalized spacial score (nSPS) is 23.1. The van der Waals surface area contributed by atoms with Crippen molar-refractivity contribution >= 4 is 11.9 Å². The van der Waals surface area contributed by atoms with Crippen LogP contribution in [0.3, 0.4) is 0 Å². The fraction of sp³-hybridized carbons (Fsp3) is 0.444. The Morgan fingerprint density at radius 3 is 2.79 bits per heavy atom. The van der Waals surface area contributed by atoms with Crippen LogP contribution in [0, 0.1) is 13.8 Å². The first-order valence-electron chi connectivity index (χ1n) is 8.44. The molecule has 4 heterocycles. The smallest absolute Gasteiger partial charge is 0.226 e. The second-order valence-corrected chi connectivity index (χ2v) is 6.63. The highest BCUT2D eigenvalue weighted by molar-refractivity contribution is 5.78. The topological polar surface area (TPSA) is 71.0 Å². The molecule has 124 valence electrons. The summed E-state index contributed by atoms with van der Waals surface area (Å²) in [6.07, 6.45) is 4.42. The van der Waals surface area contributed by atoms with Gasteiger partial charge in [0.2, 0.25) is 11.9 Å². The molecule has 2 saturated heterocycles. The first-order valence-corrected chi connectivity index (χ1v) is 8.44. The number of fused-ring (bicyclic) bond motifs is 2. The summed E-state index contributed by atoms with van der Waals surface area (Å²) in [5.41, 5.74) is 3.88. The Hall–Kier alpha value is -2.50. The zero-order valence-electron chi connectivity index (χ0n) is 14.0. The molecule has 2 aliphatic rings. The molecule has 2 bridgehead atoms. The maximum atomic E-state index is 11.8. The third-order valence-electron chi connectivity index (χ3n) is 4.95. The number of aromatic nitrogens is 3. The lowest BCUT2D eigenvalue weighted by atomic mass is 10.1. The molecule has 0 aliphatic carbocycles. The Kier molecular flexibility index (Phi) is 3.67. The highest BCUT2D eigenvalue weighted by atomic mass is 16.1. The van der Waals surface area contributed by atoms with Crippen molar-refractivity contribution in [1.82, 2.24) is 20.3 Å². The van der Waals surface area contributed by atoms with E-state index in [0.717, 1.165) is 41.4 Å². The first kappa shape index (κ1) is 15.1. The van der Waals surface area contributed by atoms with Gasteiger partial charge in [-0.25, -0.2) is 9.97 Å². The van der Waals surface area contributed by atoms with Crippen LogP contribution in [0.25, 0.3) is 11.3 Å². The van der Waals surface area contributed by atoms with Crippen molar-refractivity contribution in [2.75, 3.05) is 11.4 Å². The van der Waals surface area contributed by atoms with Gasteiger partial charge in [0.1, 0.15) is 0 Å². The minimum Gasteiger partial charge on any atom is -0.354 e. The monoisotopic (exact) mass is 323 g/mol. The van der Waals surface area contributed by atoms with Crippen molar-refractivity contribution in [1.29, 1.82) is 0 Å². The molecule has 2 aliphatic heterocycles. The van der Waals surface area contributed by atoms with Gasteiger partial charge >= 0.3 is 0 Å². The standard InChI is InChI=1S/C18H21N5O/c1-11-3-6-15(12(2)21-11)16-7-8-19-18(22-16)23-13-4-5-14(23)10-20-17(24)9-13/h3,6-8,13-14H,4-5,9-10H2,1-2H3,(H,20,24)/t13-,14+/m1/s1. The quantitative estimate of drug-likeness (QED) is 0.915. The van der Waals surface area contributed by atoms with Gasteiger partial charge in [-0.2, -0.15) is 0 Å².